The minimum absolute atomic E-state index is 0.246. The standard InChI is InChI=1S/C26H38O14S/c1-11(27)31-9-15-17(33-12(2)28)19(34-13(3)29)20(35-14(4)30)24(36-15)41-22-18(16-10-32-25(5,6)38-16)37-23-21(22)39-26(7,8)40-23/h15-24H,9-10H2,1-8H3/t15-,16?,17-,18-,19+,20-,21-,22+,23-,24+/m1/s1. The lowest BCUT2D eigenvalue weighted by Crippen LogP contribution is -2.62. The number of thioether (sulfide) groups is 1. The molecule has 4 rings (SSSR count). The molecule has 0 aromatic heterocycles. The molecule has 0 aromatic rings. The number of hydrogen-bond donors (Lipinski definition) is 0. The second-order valence-corrected chi connectivity index (χ2v) is 12.4. The molecule has 14 nitrogen and oxygen atoms in total. The van der Waals surface area contributed by atoms with Gasteiger partial charge in [-0.15, -0.1) is 11.8 Å². The van der Waals surface area contributed by atoms with Crippen molar-refractivity contribution in [2.75, 3.05) is 13.2 Å². The second kappa shape index (κ2) is 12.3. The van der Waals surface area contributed by atoms with E-state index in [1.165, 1.54) is 39.5 Å². The third-order valence-electron chi connectivity index (χ3n) is 6.66. The molecule has 41 heavy (non-hydrogen) atoms. The molecule has 15 heteroatoms. The normalized spacial score (nSPS) is 39.0. The van der Waals surface area contributed by atoms with Gasteiger partial charge in [-0.2, -0.15) is 0 Å². The summed E-state index contributed by atoms with van der Waals surface area (Å²) in [5, 5.41) is -0.509. The lowest BCUT2D eigenvalue weighted by atomic mass is 9.99. The summed E-state index contributed by atoms with van der Waals surface area (Å²) in [6.07, 6.45) is -7.25. The van der Waals surface area contributed by atoms with Crippen molar-refractivity contribution in [2.45, 2.75) is 127 Å². The monoisotopic (exact) mass is 606 g/mol. The van der Waals surface area contributed by atoms with Crippen molar-refractivity contribution in [1.82, 2.24) is 0 Å². The van der Waals surface area contributed by atoms with Gasteiger partial charge >= 0.3 is 23.9 Å². The van der Waals surface area contributed by atoms with Crippen molar-refractivity contribution >= 4 is 35.6 Å². The molecule has 0 aromatic carbocycles. The number of ether oxygens (including phenoxy) is 10. The highest BCUT2D eigenvalue weighted by Crippen LogP contribution is 2.48. The van der Waals surface area contributed by atoms with E-state index in [4.69, 9.17) is 47.4 Å². The average molecular weight is 607 g/mol. The Kier molecular flexibility index (Phi) is 9.58. The van der Waals surface area contributed by atoms with E-state index in [9.17, 15) is 19.2 Å². The van der Waals surface area contributed by atoms with E-state index in [0.29, 0.717) is 0 Å². The summed E-state index contributed by atoms with van der Waals surface area (Å²) in [6.45, 7) is 11.8. The third-order valence-corrected chi connectivity index (χ3v) is 8.16. The molecular weight excluding hydrogens is 568 g/mol. The minimum atomic E-state index is -1.29. The molecule has 0 radical (unpaired) electrons. The quantitative estimate of drug-likeness (QED) is 0.286. The Labute approximate surface area is 242 Å². The van der Waals surface area contributed by atoms with Gasteiger partial charge in [0.05, 0.1) is 11.9 Å². The van der Waals surface area contributed by atoms with Crippen molar-refractivity contribution in [3.05, 3.63) is 0 Å². The SMILES string of the molecule is CC(=O)OC[C@H]1O[C@@H](S[C@@H]2[C@H]3OC(C)(C)O[C@H]3O[C@@H]2C2COC(C)(C)O2)[C@H](OC(C)=O)[C@@H](OC(C)=O)[C@@H]1OC(C)=O. The Balaban J connectivity index is 1.69. The van der Waals surface area contributed by atoms with Crippen LogP contribution in [0.5, 0.6) is 0 Å². The van der Waals surface area contributed by atoms with E-state index in [1.807, 2.05) is 0 Å². The molecule has 0 spiro atoms. The van der Waals surface area contributed by atoms with Crippen LogP contribution in [0.4, 0.5) is 0 Å². The maximum absolute atomic E-state index is 12.3. The second-order valence-electron chi connectivity index (χ2n) is 11.1. The van der Waals surface area contributed by atoms with Gasteiger partial charge in [-0.1, -0.05) is 0 Å². The van der Waals surface area contributed by atoms with Crippen molar-refractivity contribution < 1.29 is 66.5 Å². The zero-order chi connectivity index (χ0) is 30.3. The molecule has 4 aliphatic heterocycles. The molecule has 10 atom stereocenters. The highest BCUT2D eigenvalue weighted by atomic mass is 32.2. The summed E-state index contributed by atoms with van der Waals surface area (Å²) in [7, 11) is 0. The van der Waals surface area contributed by atoms with Crippen LogP contribution in [0.25, 0.3) is 0 Å². The van der Waals surface area contributed by atoms with Crippen LogP contribution in [-0.4, -0.2) is 108 Å². The van der Waals surface area contributed by atoms with E-state index >= 15 is 0 Å². The maximum atomic E-state index is 12.3. The lowest BCUT2D eigenvalue weighted by molar-refractivity contribution is -0.237. The van der Waals surface area contributed by atoms with E-state index in [1.54, 1.807) is 27.7 Å². The summed E-state index contributed by atoms with van der Waals surface area (Å²) in [5.74, 6) is -4.48. The summed E-state index contributed by atoms with van der Waals surface area (Å²) >= 11 is 1.20. The van der Waals surface area contributed by atoms with E-state index < -0.39 is 95.2 Å². The van der Waals surface area contributed by atoms with Gasteiger partial charge in [0.15, 0.2) is 36.2 Å². The first kappa shape index (κ1) is 31.9. The van der Waals surface area contributed by atoms with Crippen LogP contribution in [0.15, 0.2) is 0 Å². The number of esters is 4. The lowest BCUT2D eigenvalue weighted by Gasteiger charge is -2.45. The van der Waals surface area contributed by atoms with Crippen LogP contribution >= 0.6 is 11.8 Å². The highest BCUT2D eigenvalue weighted by molar-refractivity contribution is 8.00. The van der Waals surface area contributed by atoms with Gasteiger partial charge in [-0.25, -0.2) is 0 Å². The van der Waals surface area contributed by atoms with Gasteiger partial charge in [0, 0.05) is 27.7 Å². The Morgan fingerprint density at radius 2 is 1.34 bits per heavy atom. The van der Waals surface area contributed by atoms with Crippen LogP contribution in [-0.2, 0) is 66.5 Å². The molecule has 0 amide bonds. The minimum Gasteiger partial charge on any atom is -0.463 e. The first-order valence-electron chi connectivity index (χ1n) is 13.3. The average Bonchev–Trinajstić information content (AvgIpc) is 3.44. The molecule has 4 fully saturated rings. The summed E-state index contributed by atoms with van der Waals surface area (Å²) in [6, 6.07) is 0. The fourth-order valence-electron chi connectivity index (χ4n) is 5.29. The zero-order valence-corrected chi connectivity index (χ0v) is 25.1. The first-order chi connectivity index (χ1) is 19.0. The van der Waals surface area contributed by atoms with Crippen LogP contribution in [0.1, 0.15) is 55.4 Å². The number of hydrogen-bond acceptors (Lipinski definition) is 15. The van der Waals surface area contributed by atoms with E-state index in [0.717, 1.165) is 0 Å². The molecule has 0 bridgehead atoms. The summed E-state index contributed by atoms with van der Waals surface area (Å²) < 4.78 is 58.5. The highest BCUT2D eigenvalue weighted by Gasteiger charge is 2.61. The third kappa shape index (κ3) is 7.69. The van der Waals surface area contributed by atoms with Gasteiger partial charge in [-0.3, -0.25) is 19.2 Å². The van der Waals surface area contributed by atoms with Crippen molar-refractivity contribution in [2.24, 2.45) is 0 Å². The topological polar surface area (TPSA) is 161 Å². The van der Waals surface area contributed by atoms with Crippen molar-refractivity contribution in [3.63, 3.8) is 0 Å². The smallest absolute Gasteiger partial charge is 0.303 e. The Hall–Kier alpha value is -2.01. The molecule has 1 unspecified atom stereocenters. The zero-order valence-electron chi connectivity index (χ0n) is 24.3. The molecule has 0 saturated carbocycles. The molecular formula is C26H38O14S. The van der Waals surface area contributed by atoms with Gasteiger partial charge in [0.25, 0.3) is 0 Å². The largest absolute Gasteiger partial charge is 0.463 e. The van der Waals surface area contributed by atoms with Gasteiger partial charge in [0.1, 0.15) is 36.5 Å². The molecule has 0 aliphatic carbocycles. The predicted octanol–water partition coefficient (Wildman–Crippen LogP) is 1.20. The van der Waals surface area contributed by atoms with E-state index in [2.05, 4.69) is 0 Å². The number of carbonyl (C=O) groups excluding carboxylic acids is 4. The molecule has 232 valence electrons. The van der Waals surface area contributed by atoms with Crippen LogP contribution in [0.2, 0.25) is 0 Å². The van der Waals surface area contributed by atoms with E-state index in [-0.39, 0.29) is 13.2 Å². The van der Waals surface area contributed by atoms with Crippen LogP contribution in [0.3, 0.4) is 0 Å². The number of rotatable bonds is 8. The van der Waals surface area contributed by atoms with Gasteiger partial charge in [-0.05, 0) is 27.7 Å². The summed E-state index contributed by atoms with van der Waals surface area (Å²) in [4.78, 5) is 48.1. The summed E-state index contributed by atoms with van der Waals surface area (Å²) in [5.41, 5.74) is -1.02. The van der Waals surface area contributed by atoms with Crippen molar-refractivity contribution in [3.8, 4) is 0 Å². The van der Waals surface area contributed by atoms with Gasteiger partial charge < -0.3 is 47.4 Å². The van der Waals surface area contributed by atoms with Crippen LogP contribution in [0, 0.1) is 0 Å². The first-order valence-corrected chi connectivity index (χ1v) is 14.3. The number of carbonyl (C=O) groups is 4. The fraction of sp³-hybridized carbons (Fsp3) is 0.846. The Morgan fingerprint density at radius 3 is 1.90 bits per heavy atom. The molecule has 4 aliphatic rings. The predicted molar refractivity (Wildman–Crippen MR) is 137 cm³/mol. The Morgan fingerprint density at radius 1 is 0.732 bits per heavy atom. The number of fused-ring (bicyclic) bond motifs is 1. The van der Waals surface area contributed by atoms with Gasteiger partial charge in [0.2, 0.25) is 0 Å². The van der Waals surface area contributed by atoms with Crippen molar-refractivity contribution in [1.29, 1.82) is 0 Å². The Bertz CT molecular complexity index is 1020. The molecule has 4 heterocycles. The fourth-order valence-corrected chi connectivity index (χ4v) is 6.90. The van der Waals surface area contributed by atoms with Crippen LogP contribution < -0.4 is 0 Å². The maximum Gasteiger partial charge on any atom is 0.303 e. The molecule has 4 saturated heterocycles. The molecule has 0 N–H and O–H groups in total.